The SMILES string of the molecule is O=C(CSc1nnc(-c2ccc(Cl)s2)o1)Nc1cc(C(F)(F)F)ccc1Cl. The Kier molecular flexibility index (Phi) is 5.99. The number of halogens is 5. The largest absolute Gasteiger partial charge is 0.416 e. The van der Waals surface area contributed by atoms with E-state index in [-0.39, 0.29) is 27.6 Å². The molecule has 0 bridgehead atoms. The van der Waals surface area contributed by atoms with E-state index in [1.807, 2.05) is 0 Å². The molecule has 0 unspecified atom stereocenters. The summed E-state index contributed by atoms with van der Waals surface area (Å²) in [5.74, 6) is -0.463. The van der Waals surface area contributed by atoms with Crippen LogP contribution in [0.3, 0.4) is 0 Å². The van der Waals surface area contributed by atoms with Crippen LogP contribution in [0.1, 0.15) is 5.56 Å². The van der Waals surface area contributed by atoms with E-state index in [0.717, 1.165) is 30.0 Å². The Balaban J connectivity index is 1.61. The van der Waals surface area contributed by atoms with Gasteiger partial charge in [-0.3, -0.25) is 4.79 Å². The van der Waals surface area contributed by atoms with Crippen molar-refractivity contribution < 1.29 is 22.4 Å². The highest BCUT2D eigenvalue weighted by Gasteiger charge is 2.31. The molecule has 0 fully saturated rings. The Bertz CT molecular complexity index is 975. The first-order valence-corrected chi connectivity index (χ1v) is 9.67. The van der Waals surface area contributed by atoms with Crippen molar-refractivity contribution in [3.05, 3.63) is 45.3 Å². The van der Waals surface area contributed by atoms with Crippen LogP contribution in [0.2, 0.25) is 9.36 Å². The van der Waals surface area contributed by atoms with E-state index in [1.165, 1.54) is 11.3 Å². The number of carbonyl (C=O) groups excluding carboxylic acids is 1. The molecule has 142 valence electrons. The van der Waals surface area contributed by atoms with Gasteiger partial charge in [-0.1, -0.05) is 35.0 Å². The van der Waals surface area contributed by atoms with Crippen LogP contribution in [0.5, 0.6) is 0 Å². The molecule has 2 aromatic heterocycles. The topological polar surface area (TPSA) is 68.0 Å². The van der Waals surface area contributed by atoms with Gasteiger partial charge in [-0.15, -0.1) is 21.5 Å². The van der Waals surface area contributed by atoms with Crippen molar-refractivity contribution in [2.45, 2.75) is 11.4 Å². The maximum absolute atomic E-state index is 12.8. The number of hydrogen-bond donors (Lipinski definition) is 1. The highest BCUT2D eigenvalue weighted by molar-refractivity contribution is 7.99. The zero-order chi connectivity index (χ0) is 19.6. The van der Waals surface area contributed by atoms with Crippen molar-refractivity contribution in [1.29, 1.82) is 0 Å². The van der Waals surface area contributed by atoms with E-state index in [4.69, 9.17) is 27.6 Å². The molecule has 0 atom stereocenters. The average molecular weight is 454 g/mol. The third-order valence-electron chi connectivity index (χ3n) is 3.08. The number of carbonyl (C=O) groups is 1. The highest BCUT2D eigenvalue weighted by Crippen LogP contribution is 2.34. The smallest absolute Gasteiger partial charge is 0.410 e. The van der Waals surface area contributed by atoms with Crippen LogP contribution in [0.25, 0.3) is 10.8 Å². The number of hydrogen-bond acceptors (Lipinski definition) is 6. The van der Waals surface area contributed by atoms with Gasteiger partial charge in [0.05, 0.1) is 31.2 Å². The molecule has 5 nitrogen and oxygen atoms in total. The number of alkyl halides is 3. The predicted octanol–water partition coefficient (Wildman–Crippen LogP) is 5.85. The monoisotopic (exact) mass is 453 g/mol. The van der Waals surface area contributed by atoms with Gasteiger partial charge in [0.15, 0.2) is 0 Å². The normalized spacial score (nSPS) is 11.6. The van der Waals surface area contributed by atoms with Crippen LogP contribution in [-0.4, -0.2) is 21.9 Å². The minimum atomic E-state index is -4.54. The molecule has 2 heterocycles. The second-order valence-corrected chi connectivity index (χ2v) is 8.05. The van der Waals surface area contributed by atoms with Gasteiger partial charge in [0.1, 0.15) is 0 Å². The maximum Gasteiger partial charge on any atom is 0.416 e. The molecule has 1 amide bonds. The lowest BCUT2D eigenvalue weighted by Gasteiger charge is -2.11. The van der Waals surface area contributed by atoms with Gasteiger partial charge in [0.25, 0.3) is 11.1 Å². The average Bonchev–Trinajstić information content (AvgIpc) is 3.22. The summed E-state index contributed by atoms with van der Waals surface area (Å²) >= 11 is 13.9. The van der Waals surface area contributed by atoms with E-state index in [2.05, 4.69) is 15.5 Å². The van der Waals surface area contributed by atoms with Crippen LogP contribution in [0.15, 0.2) is 40.0 Å². The molecule has 0 aliphatic heterocycles. The molecular weight excluding hydrogens is 446 g/mol. The molecule has 0 saturated heterocycles. The standard InChI is InChI=1S/C15H8Cl2F3N3O2S2/c16-8-2-1-7(15(18,19)20)5-9(8)21-12(24)6-26-14-23-22-13(25-14)10-3-4-11(17)27-10/h1-5H,6H2,(H,21,24). The Morgan fingerprint density at radius 3 is 2.67 bits per heavy atom. The second-order valence-electron chi connectivity index (χ2n) is 5.01. The molecule has 0 aliphatic carbocycles. The van der Waals surface area contributed by atoms with E-state index < -0.39 is 17.6 Å². The lowest BCUT2D eigenvalue weighted by Crippen LogP contribution is -2.15. The first kappa shape index (κ1) is 20.0. The first-order valence-electron chi connectivity index (χ1n) is 7.11. The van der Waals surface area contributed by atoms with Gasteiger partial charge in [0, 0.05) is 0 Å². The summed E-state index contributed by atoms with van der Waals surface area (Å²) < 4.78 is 44.2. The van der Waals surface area contributed by atoms with Gasteiger partial charge in [-0.25, -0.2) is 0 Å². The molecule has 1 N–H and O–H groups in total. The number of nitrogens with one attached hydrogen (secondary N) is 1. The van der Waals surface area contributed by atoms with Crippen LogP contribution in [-0.2, 0) is 11.0 Å². The Morgan fingerprint density at radius 1 is 1.22 bits per heavy atom. The fourth-order valence-electron chi connectivity index (χ4n) is 1.91. The maximum atomic E-state index is 12.8. The third-order valence-corrected chi connectivity index (χ3v) is 5.45. The lowest BCUT2D eigenvalue weighted by molar-refractivity contribution is -0.137. The molecule has 27 heavy (non-hydrogen) atoms. The summed E-state index contributed by atoms with van der Waals surface area (Å²) in [6, 6.07) is 6.09. The van der Waals surface area contributed by atoms with Crippen LogP contribution >= 0.6 is 46.3 Å². The second kappa shape index (κ2) is 8.09. The summed E-state index contributed by atoms with van der Waals surface area (Å²) in [7, 11) is 0. The number of aromatic nitrogens is 2. The van der Waals surface area contributed by atoms with Gasteiger partial charge in [0.2, 0.25) is 5.91 Å². The Labute approximate surface area is 168 Å². The van der Waals surface area contributed by atoms with Gasteiger partial charge < -0.3 is 9.73 Å². The molecule has 12 heteroatoms. The number of benzene rings is 1. The van der Waals surface area contributed by atoms with Crippen LogP contribution in [0, 0.1) is 0 Å². The molecule has 3 aromatic rings. The number of amides is 1. The molecular formula is C15H8Cl2F3N3O2S2. The lowest BCUT2D eigenvalue weighted by atomic mass is 10.2. The fourth-order valence-corrected chi connectivity index (χ4v) is 3.60. The van der Waals surface area contributed by atoms with Crippen molar-refractivity contribution >= 4 is 57.9 Å². The summed E-state index contributed by atoms with van der Waals surface area (Å²) in [6.07, 6.45) is -4.54. The number of anilines is 1. The molecule has 0 radical (unpaired) electrons. The van der Waals surface area contributed by atoms with E-state index in [1.54, 1.807) is 12.1 Å². The molecule has 0 saturated carbocycles. The summed E-state index contributed by atoms with van der Waals surface area (Å²) in [4.78, 5) is 12.7. The fraction of sp³-hybridized carbons (Fsp3) is 0.133. The number of thioether (sulfide) groups is 1. The van der Waals surface area contributed by atoms with Crippen LogP contribution in [0.4, 0.5) is 18.9 Å². The van der Waals surface area contributed by atoms with Crippen LogP contribution < -0.4 is 5.32 Å². The molecule has 3 rings (SSSR count). The number of thiophene rings is 1. The van der Waals surface area contributed by atoms with E-state index >= 15 is 0 Å². The van der Waals surface area contributed by atoms with Gasteiger partial charge in [-0.2, -0.15) is 13.2 Å². The highest BCUT2D eigenvalue weighted by atomic mass is 35.5. The first-order chi connectivity index (χ1) is 12.7. The van der Waals surface area contributed by atoms with E-state index in [9.17, 15) is 18.0 Å². The van der Waals surface area contributed by atoms with Gasteiger partial charge >= 0.3 is 6.18 Å². The predicted molar refractivity (Wildman–Crippen MR) is 98.4 cm³/mol. The number of nitrogens with zero attached hydrogens (tertiary/aromatic N) is 2. The summed E-state index contributed by atoms with van der Waals surface area (Å²) in [5, 5.41) is 10.1. The van der Waals surface area contributed by atoms with Crippen molar-refractivity contribution in [3.8, 4) is 10.8 Å². The van der Waals surface area contributed by atoms with Crippen molar-refractivity contribution in [2.75, 3.05) is 11.1 Å². The minimum Gasteiger partial charge on any atom is -0.410 e. The summed E-state index contributed by atoms with van der Waals surface area (Å²) in [5.41, 5.74) is -1.04. The zero-order valence-corrected chi connectivity index (χ0v) is 16.2. The quantitative estimate of drug-likeness (QED) is 0.490. The summed E-state index contributed by atoms with van der Waals surface area (Å²) in [6.45, 7) is 0. The van der Waals surface area contributed by atoms with Gasteiger partial charge in [-0.05, 0) is 30.3 Å². The van der Waals surface area contributed by atoms with Crippen molar-refractivity contribution in [3.63, 3.8) is 0 Å². The Hall–Kier alpha value is -1.75. The third kappa shape index (κ3) is 5.16. The zero-order valence-electron chi connectivity index (χ0n) is 13.0. The van der Waals surface area contributed by atoms with Crippen molar-refractivity contribution in [1.82, 2.24) is 10.2 Å². The molecule has 0 spiro atoms. The number of rotatable bonds is 5. The van der Waals surface area contributed by atoms with E-state index in [0.29, 0.717) is 9.21 Å². The molecule has 1 aromatic carbocycles. The minimum absolute atomic E-state index is 0.00370. The van der Waals surface area contributed by atoms with Crippen molar-refractivity contribution in [2.24, 2.45) is 0 Å². The molecule has 0 aliphatic rings. The Morgan fingerprint density at radius 2 is 2.00 bits per heavy atom.